The van der Waals surface area contributed by atoms with Crippen molar-refractivity contribution in [3.05, 3.63) is 48.0 Å². The number of pyridine rings is 1. The number of carbonyl (C=O) groups excluding carboxylic acids is 1. The van der Waals surface area contributed by atoms with Crippen molar-refractivity contribution in [3.8, 4) is 5.88 Å². The number of likely N-dealkylation sites (N-methyl/N-ethyl adjacent to an activating group) is 1. The van der Waals surface area contributed by atoms with Crippen LogP contribution in [0.3, 0.4) is 0 Å². The Morgan fingerprint density at radius 3 is 2.86 bits per heavy atom. The van der Waals surface area contributed by atoms with E-state index in [0.29, 0.717) is 18.0 Å². The third-order valence-electron chi connectivity index (χ3n) is 3.16. The van der Waals surface area contributed by atoms with Crippen LogP contribution < -0.4 is 10.1 Å². The van der Waals surface area contributed by atoms with Gasteiger partial charge in [-0.3, -0.25) is 9.69 Å². The van der Waals surface area contributed by atoms with Crippen molar-refractivity contribution in [1.82, 2.24) is 15.2 Å². The molecule has 1 amide bonds. The van der Waals surface area contributed by atoms with Gasteiger partial charge in [0.05, 0.1) is 19.4 Å². The molecule has 2 aromatic rings. The predicted molar refractivity (Wildman–Crippen MR) is 78.3 cm³/mol. The summed E-state index contributed by atoms with van der Waals surface area (Å²) in [4.78, 5) is 18.2. The topological polar surface area (TPSA) is 67.6 Å². The monoisotopic (exact) mass is 289 g/mol. The average molecular weight is 289 g/mol. The zero-order valence-corrected chi connectivity index (χ0v) is 12.4. The van der Waals surface area contributed by atoms with Crippen LogP contribution in [-0.2, 0) is 0 Å². The third kappa shape index (κ3) is 3.61. The van der Waals surface area contributed by atoms with Gasteiger partial charge in [0.25, 0.3) is 5.91 Å². The first-order chi connectivity index (χ1) is 10.1. The number of nitrogens with zero attached hydrogens (tertiary/aromatic N) is 2. The van der Waals surface area contributed by atoms with E-state index in [1.165, 1.54) is 7.11 Å². The molecule has 0 aliphatic carbocycles. The first-order valence-electron chi connectivity index (χ1n) is 6.60. The molecule has 0 fully saturated rings. The molecular formula is C15H19N3O3. The van der Waals surface area contributed by atoms with Crippen molar-refractivity contribution in [1.29, 1.82) is 0 Å². The Labute approximate surface area is 123 Å². The molecule has 1 N–H and O–H groups in total. The number of methoxy groups -OCH3 is 1. The number of nitrogens with one attached hydrogen (secondary N) is 1. The number of amides is 1. The first kappa shape index (κ1) is 15.1. The number of furan rings is 1. The molecule has 1 atom stereocenters. The van der Waals surface area contributed by atoms with E-state index in [4.69, 9.17) is 9.15 Å². The normalized spacial score (nSPS) is 12.2. The lowest BCUT2D eigenvalue weighted by Crippen LogP contribution is -2.34. The van der Waals surface area contributed by atoms with Crippen LogP contribution in [0, 0.1) is 0 Å². The zero-order chi connectivity index (χ0) is 15.2. The molecule has 0 bridgehead atoms. The van der Waals surface area contributed by atoms with E-state index in [1.54, 1.807) is 24.6 Å². The molecule has 0 saturated carbocycles. The summed E-state index contributed by atoms with van der Waals surface area (Å²) in [5.41, 5.74) is 0.414. The highest BCUT2D eigenvalue weighted by Gasteiger charge is 2.19. The fourth-order valence-electron chi connectivity index (χ4n) is 2.03. The van der Waals surface area contributed by atoms with Crippen molar-refractivity contribution < 1.29 is 13.9 Å². The van der Waals surface area contributed by atoms with Gasteiger partial charge in [0, 0.05) is 12.7 Å². The van der Waals surface area contributed by atoms with Gasteiger partial charge in [0.15, 0.2) is 0 Å². The minimum Gasteiger partial charge on any atom is -0.480 e. The van der Waals surface area contributed by atoms with Crippen molar-refractivity contribution in [2.75, 3.05) is 27.7 Å². The Bertz CT molecular complexity index is 582. The van der Waals surface area contributed by atoms with Gasteiger partial charge >= 0.3 is 0 Å². The van der Waals surface area contributed by atoms with Crippen LogP contribution in [0.15, 0.2) is 41.1 Å². The van der Waals surface area contributed by atoms with Gasteiger partial charge in [0.2, 0.25) is 5.88 Å². The van der Waals surface area contributed by atoms with Crippen LogP contribution in [0.4, 0.5) is 0 Å². The molecule has 2 aromatic heterocycles. The molecule has 0 aromatic carbocycles. The van der Waals surface area contributed by atoms with Crippen molar-refractivity contribution in [2.45, 2.75) is 6.04 Å². The highest BCUT2D eigenvalue weighted by Crippen LogP contribution is 2.18. The van der Waals surface area contributed by atoms with Crippen molar-refractivity contribution >= 4 is 5.91 Å². The maximum atomic E-state index is 12.2. The second-order valence-electron chi connectivity index (χ2n) is 4.77. The smallest absolute Gasteiger partial charge is 0.256 e. The van der Waals surface area contributed by atoms with Gasteiger partial charge in [-0.1, -0.05) is 0 Å². The first-order valence-corrected chi connectivity index (χ1v) is 6.60. The standard InChI is InChI=1S/C15H19N3O3/c1-18(2)12(13-7-5-9-21-13)10-17-14(19)11-6-4-8-16-15(11)20-3/h4-9,12H,10H2,1-3H3,(H,17,19)/t12-/m0/s1. The molecule has 0 aliphatic heterocycles. The lowest BCUT2D eigenvalue weighted by molar-refractivity contribution is 0.0935. The summed E-state index contributed by atoms with van der Waals surface area (Å²) < 4.78 is 10.5. The maximum absolute atomic E-state index is 12.2. The van der Waals surface area contributed by atoms with E-state index in [0.717, 1.165) is 5.76 Å². The maximum Gasteiger partial charge on any atom is 0.256 e. The second-order valence-corrected chi connectivity index (χ2v) is 4.77. The quantitative estimate of drug-likeness (QED) is 0.877. The van der Waals surface area contributed by atoms with Crippen LogP contribution in [-0.4, -0.2) is 43.5 Å². The highest BCUT2D eigenvalue weighted by atomic mass is 16.5. The molecule has 2 heterocycles. The van der Waals surface area contributed by atoms with Crippen LogP contribution in [0.5, 0.6) is 5.88 Å². The molecular weight excluding hydrogens is 270 g/mol. The van der Waals surface area contributed by atoms with E-state index in [1.807, 2.05) is 31.1 Å². The summed E-state index contributed by atoms with van der Waals surface area (Å²) in [6.07, 6.45) is 3.21. The van der Waals surface area contributed by atoms with E-state index < -0.39 is 0 Å². The van der Waals surface area contributed by atoms with Crippen LogP contribution >= 0.6 is 0 Å². The minimum atomic E-state index is -0.224. The van der Waals surface area contributed by atoms with Gasteiger partial charge < -0.3 is 14.5 Å². The Hall–Kier alpha value is -2.34. The van der Waals surface area contributed by atoms with Crippen molar-refractivity contribution in [2.24, 2.45) is 0 Å². The van der Waals surface area contributed by atoms with E-state index in [-0.39, 0.29) is 11.9 Å². The molecule has 21 heavy (non-hydrogen) atoms. The fraction of sp³-hybridized carbons (Fsp3) is 0.333. The van der Waals surface area contributed by atoms with E-state index >= 15 is 0 Å². The predicted octanol–water partition coefficient (Wildman–Crippen LogP) is 1.72. The Kier molecular flexibility index (Phi) is 4.94. The number of carbonyl (C=O) groups is 1. The second kappa shape index (κ2) is 6.90. The third-order valence-corrected chi connectivity index (χ3v) is 3.16. The summed E-state index contributed by atoms with van der Waals surface area (Å²) in [5, 5.41) is 2.88. The van der Waals surface area contributed by atoms with Crippen LogP contribution in [0.25, 0.3) is 0 Å². The Morgan fingerprint density at radius 2 is 2.24 bits per heavy atom. The Morgan fingerprint density at radius 1 is 1.43 bits per heavy atom. The molecule has 6 nitrogen and oxygen atoms in total. The largest absolute Gasteiger partial charge is 0.480 e. The van der Waals surface area contributed by atoms with Crippen molar-refractivity contribution in [3.63, 3.8) is 0 Å². The minimum absolute atomic E-state index is 0.0355. The molecule has 0 aliphatic rings. The average Bonchev–Trinajstić information content (AvgIpc) is 3.01. The van der Waals surface area contributed by atoms with Crippen LogP contribution in [0.1, 0.15) is 22.2 Å². The number of rotatable bonds is 6. The zero-order valence-electron chi connectivity index (χ0n) is 12.4. The lowest BCUT2D eigenvalue weighted by atomic mass is 10.2. The Balaban J connectivity index is 2.06. The number of aromatic nitrogens is 1. The van der Waals surface area contributed by atoms with E-state index in [9.17, 15) is 4.79 Å². The molecule has 0 saturated heterocycles. The SMILES string of the molecule is COc1ncccc1C(=O)NC[C@@H](c1ccco1)N(C)C. The summed E-state index contributed by atoms with van der Waals surface area (Å²) in [7, 11) is 5.36. The van der Waals surface area contributed by atoms with Gasteiger partial charge in [-0.2, -0.15) is 0 Å². The number of ether oxygens (including phenoxy) is 1. The fourth-order valence-corrected chi connectivity index (χ4v) is 2.03. The number of hydrogen-bond donors (Lipinski definition) is 1. The van der Waals surface area contributed by atoms with Gasteiger partial charge in [-0.05, 0) is 38.4 Å². The summed E-state index contributed by atoms with van der Waals surface area (Å²) in [5.74, 6) is 0.895. The molecule has 6 heteroatoms. The highest BCUT2D eigenvalue weighted by molar-refractivity contribution is 5.96. The molecule has 0 radical (unpaired) electrons. The summed E-state index contributed by atoms with van der Waals surface area (Å²) in [6.45, 7) is 0.428. The number of hydrogen-bond acceptors (Lipinski definition) is 5. The lowest BCUT2D eigenvalue weighted by Gasteiger charge is -2.22. The van der Waals surface area contributed by atoms with Gasteiger partial charge in [0.1, 0.15) is 11.3 Å². The molecule has 0 spiro atoms. The summed E-state index contributed by atoms with van der Waals surface area (Å²) >= 11 is 0. The molecule has 112 valence electrons. The van der Waals surface area contributed by atoms with Gasteiger partial charge in [-0.15, -0.1) is 0 Å². The molecule has 2 rings (SSSR count). The van der Waals surface area contributed by atoms with E-state index in [2.05, 4.69) is 10.3 Å². The molecule has 0 unspecified atom stereocenters. The van der Waals surface area contributed by atoms with Gasteiger partial charge in [-0.25, -0.2) is 4.98 Å². The van der Waals surface area contributed by atoms with Crippen LogP contribution in [0.2, 0.25) is 0 Å². The summed E-state index contributed by atoms with van der Waals surface area (Å²) in [6, 6.07) is 7.07.